The smallest absolute Gasteiger partial charge is 0.340 e. The lowest BCUT2D eigenvalue weighted by Crippen LogP contribution is -2.13. The molecule has 1 amide bonds. The molecule has 3 N–H and O–H groups in total. The first-order valence-electron chi connectivity index (χ1n) is 9.36. The van der Waals surface area contributed by atoms with Gasteiger partial charge in [-0.3, -0.25) is 4.79 Å². The van der Waals surface area contributed by atoms with Gasteiger partial charge in [0.25, 0.3) is 5.91 Å². The van der Waals surface area contributed by atoms with Crippen LogP contribution in [0.25, 0.3) is 22.3 Å². The minimum absolute atomic E-state index is 0.236. The summed E-state index contributed by atoms with van der Waals surface area (Å²) in [4.78, 5) is 36.2. The van der Waals surface area contributed by atoms with E-state index in [9.17, 15) is 14.7 Å². The van der Waals surface area contributed by atoms with Gasteiger partial charge in [-0.2, -0.15) is 0 Å². The number of nitrogens with zero attached hydrogens (tertiary/aromatic N) is 2. The van der Waals surface area contributed by atoms with Crippen LogP contribution in [0.2, 0.25) is 0 Å². The summed E-state index contributed by atoms with van der Waals surface area (Å²) in [6, 6.07) is 7.20. The molecule has 1 aromatic carbocycles. The summed E-state index contributed by atoms with van der Waals surface area (Å²) in [5.74, 6) is -0.689. The minimum Gasteiger partial charge on any atom is -0.462 e. The molecule has 4 rings (SSSR count). The number of rotatable bonds is 5. The summed E-state index contributed by atoms with van der Waals surface area (Å²) in [5, 5.41) is 13.0. The fraction of sp³-hybridized carbons (Fsp3) is 0.238. The van der Waals surface area contributed by atoms with Crippen LogP contribution in [-0.2, 0) is 9.53 Å². The van der Waals surface area contributed by atoms with Crippen molar-refractivity contribution in [2.45, 2.75) is 25.9 Å². The molecule has 148 valence electrons. The number of nitrogens with one attached hydrogen (secondary N) is 2. The molecular weight excluding hydrogens is 372 g/mol. The van der Waals surface area contributed by atoms with E-state index in [1.54, 1.807) is 37.4 Å². The lowest BCUT2D eigenvalue weighted by atomic mass is 10.1. The van der Waals surface area contributed by atoms with Gasteiger partial charge < -0.3 is 20.1 Å². The van der Waals surface area contributed by atoms with Crippen LogP contribution in [0.5, 0.6) is 0 Å². The average molecular weight is 392 g/mol. The second-order valence-corrected chi connectivity index (χ2v) is 6.70. The Morgan fingerprint density at radius 2 is 2.21 bits per heavy atom. The third kappa shape index (κ3) is 3.74. The molecule has 8 heteroatoms. The van der Waals surface area contributed by atoms with Crippen molar-refractivity contribution >= 4 is 28.6 Å². The fourth-order valence-corrected chi connectivity index (χ4v) is 3.40. The summed E-state index contributed by atoms with van der Waals surface area (Å²) in [6.45, 7) is 2.01. The number of fused-ring (bicyclic) bond motifs is 1. The van der Waals surface area contributed by atoms with Crippen LogP contribution in [-0.4, -0.2) is 44.6 Å². The Bertz CT molecular complexity index is 1120. The Kier molecular flexibility index (Phi) is 5.09. The van der Waals surface area contributed by atoms with Gasteiger partial charge >= 0.3 is 5.97 Å². The van der Waals surface area contributed by atoms with E-state index >= 15 is 0 Å². The number of aliphatic hydroxyl groups excluding tert-OH is 1. The number of amides is 1. The number of H-pyrrole nitrogens is 1. The number of aromatic nitrogens is 3. The highest BCUT2D eigenvalue weighted by Gasteiger charge is 2.21. The van der Waals surface area contributed by atoms with E-state index in [0.29, 0.717) is 46.4 Å². The molecule has 2 aromatic heterocycles. The maximum absolute atomic E-state index is 12.4. The van der Waals surface area contributed by atoms with Crippen molar-refractivity contribution in [1.29, 1.82) is 0 Å². The molecule has 0 saturated carbocycles. The van der Waals surface area contributed by atoms with E-state index < -0.39 is 12.1 Å². The van der Waals surface area contributed by atoms with Gasteiger partial charge in [0.1, 0.15) is 12.0 Å². The maximum Gasteiger partial charge on any atom is 0.340 e. The second kappa shape index (κ2) is 7.84. The van der Waals surface area contributed by atoms with E-state index in [1.807, 2.05) is 6.07 Å². The van der Waals surface area contributed by atoms with Crippen molar-refractivity contribution in [2.75, 3.05) is 11.9 Å². The van der Waals surface area contributed by atoms with Crippen molar-refractivity contribution in [3.05, 3.63) is 54.0 Å². The number of ether oxygens (including phenoxy) is 1. The summed E-state index contributed by atoms with van der Waals surface area (Å²) in [7, 11) is 0. The third-order valence-corrected chi connectivity index (χ3v) is 4.75. The second-order valence-electron chi connectivity index (χ2n) is 6.70. The third-order valence-electron chi connectivity index (χ3n) is 4.75. The SMILES string of the molecule is CCOC(=O)c1c[nH]c2ncnc(-c3cccc(NC(=O)C4=CC(O)CC4)c3)c12. The van der Waals surface area contributed by atoms with E-state index in [4.69, 9.17) is 4.74 Å². The molecule has 0 spiro atoms. The van der Waals surface area contributed by atoms with Gasteiger partial charge in [0, 0.05) is 23.0 Å². The van der Waals surface area contributed by atoms with Gasteiger partial charge in [-0.05, 0) is 38.0 Å². The van der Waals surface area contributed by atoms with Crippen LogP contribution >= 0.6 is 0 Å². The molecular formula is C21H20N4O4. The van der Waals surface area contributed by atoms with Crippen molar-refractivity contribution in [2.24, 2.45) is 0 Å². The molecule has 0 saturated heterocycles. The highest BCUT2D eigenvalue weighted by molar-refractivity contribution is 6.08. The number of carbonyl (C=O) groups excluding carboxylic acids is 2. The van der Waals surface area contributed by atoms with Crippen molar-refractivity contribution < 1.29 is 19.4 Å². The van der Waals surface area contributed by atoms with Crippen molar-refractivity contribution in [3.63, 3.8) is 0 Å². The normalized spacial score (nSPS) is 15.9. The largest absolute Gasteiger partial charge is 0.462 e. The Balaban J connectivity index is 1.69. The molecule has 1 atom stereocenters. The summed E-state index contributed by atoms with van der Waals surface area (Å²) >= 11 is 0. The molecule has 1 aliphatic rings. The van der Waals surface area contributed by atoms with Gasteiger partial charge in [-0.25, -0.2) is 14.8 Å². The molecule has 0 aliphatic heterocycles. The van der Waals surface area contributed by atoms with Crippen LogP contribution in [0.15, 0.2) is 48.4 Å². The van der Waals surface area contributed by atoms with Gasteiger partial charge in [0.05, 0.1) is 29.4 Å². The number of hydrogen-bond donors (Lipinski definition) is 3. The Morgan fingerprint density at radius 1 is 1.34 bits per heavy atom. The molecule has 0 radical (unpaired) electrons. The molecule has 2 heterocycles. The minimum atomic E-state index is -0.564. The number of esters is 1. The Hall–Kier alpha value is -3.52. The first-order chi connectivity index (χ1) is 14.1. The predicted octanol–water partition coefficient (Wildman–Crippen LogP) is 2.82. The molecule has 29 heavy (non-hydrogen) atoms. The number of aliphatic hydroxyl groups is 1. The van der Waals surface area contributed by atoms with Crippen LogP contribution < -0.4 is 5.32 Å². The molecule has 0 bridgehead atoms. The zero-order valence-corrected chi connectivity index (χ0v) is 15.8. The monoisotopic (exact) mass is 392 g/mol. The van der Waals surface area contributed by atoms with Gasteiger partial charge in [0.15, 0.2) is 0 Å². The highest BCUT2D eigenvalue weighted by Crippen LogP contribution is 2.30. The number of hydrogen-bond acceptors (Lipinski definition) is 6. The van der Waals surface area contributed by atoms with Crippen LogP contribution in [0.3, 0.4) is 0 Å². The number of benzene rings is 1. The maximum atomic E-state index is 12.4. The standard InChI is InChI=1S/C21H20N4O4/c1-2-29-21(28)16-10-22-19-17(16)18(23-11-24-19)12-4-3-5-14(8-12)25-20(27)13-6-7-15(26)9-13/h3-5,8-11,15,26H,2,6-7H2,1H3,(H,25,27)(H,22,23,24). The van der Waals surface area contributed by atoms with Gasteiger partial charge in [0.2, 0.25) is 0 Å². The van der Waals surface area contributed by atoms with Crippen LogP contribution in [0.4, 0.5) is 5.69 Å². The lowest BCUT2D eigenvalue weighted by Gasteiger charge is -2.09. The number of carbonyl (C=O) groups is 2. The molecule has 1 aliphatic carbocycles. The summed E-state index contributed by atoms with van der Waals surface area (Å²) < 4.78 is 5.13. The van der Waals surface area contributed by atoms with Gasteiger partial charge in [-0.15, -0.1) is 0 Å². The van der Waals surface area contributed by atoms with E-state index in [-0.39, 0.29) is 12.5 Å². The first kappa shape index (κ1) is 18.8. The van der Waals surface area contributed by atoms with Gasteiger partial charge in [-0.1, -0.05) is 12.1 Å². The number of aromatic amines is 1. The average Bonchev–Trinajstić information content (AvgIpc) is 3.34. The van der Waals surface area contributed by atoms with Crippen molar-refractivity contribution in [3.8, 4) is 11.3 Å². The van der Waals surface area contributed by atoms with E-state index in [1.165, 1.54) is 6.33 Å². The first-order valence-corrected chi connectivity index (χ1v) is 9.36. The molecule has 8 nitrogen and oxygen atoms in total. The quantitative estimate of drug-likeness (QED) is 0.575. The van der Waals surface area contributed by atoms with E-state index in [0.717, 1.165) is 5.56 Å². The Morgan fingerprint density at radius 3 is 2.97 bits per heavy atom. The molecule has 3 aromatic rings. The Labute approximate surface area is 166 Å². The predicted molar refractivity (Wildman–Crippen MR) is 107 cm³/mol. The lowest BCUT2D eigenvalue weighted by molar-refractivity contribution is -0.112. The zero-order valence-electron chi connectivity index (χ0n) is 15.8. The topological polar surface area (TPSA) is 117 Å². The van der Waals surface area contributed by atoms with Crippen LogP contribution in [0.1, 0.15) is 30.1 Å². The number of anilines is 1. The summed E-state index contributed by atoms with van der Waals surface area (Å²) in [5.41, 5.74) is 3.33. The molecule has 1 unspecified atom stereocenters. The van der Waals surface area contributed by atoms with Crippen molar-refractivity contribution in [1.82, 2.24) is 15.0 Å². The summed E-state index contributed by atoms with van der Waals surface area (Å²) in [6.07, 6.45) is 5.10. The van der Waals surface area contributed by atoms with E-state index in [2.05, 4.69) is 20.3 Å². The highest BCUT2D eigenvalue weighted by atomic mass is 16.5. The van der Waals surface area contributed by atoms with Crippen LogP contribution in [0, 0.1) is 0 Å². The fourth-order valence-electron chi connectivity index (χ4n) is 3.40. The molecule has 0 fully saturated rings. The zero-order chi connectivity index (χ0) is 20.4.